The molecule has 0 aromatic carbocycles. The molecule has 0 aliphatic carbocycles. The number of nitrogens with one attached hydrogen (secondary N) is 1. The second-order valence-electron chi connectivity index (χ2n) is 5.51. The molecule has 0 aliphatic heterocycles. The Hall–Kier alpha value is -1.53. The molecule has 1 amide bonds. The Morgan fingerprint density at radius 2 is 1.95 bits per heavy atom. The number of rotatable bonds is 5. The van der Waals surface area contributed by atoms with E-state index in [-0.39, 0.29) is 5.91 Å². The molecule has 1 N–H and O–H groups in total. The largest absolute Gasteiger partial charge is 0.351 e. The van der Waals surface area contributed by atoms with Crippen molar-refractivity contribution < 1.29 is 4.79 Å². The zero-order chi connectivity index (χ0) is 15.6. The van der Waals surface area contributed by atoms with Crippen molar-refractivity contribution in [3.63, 3.8) is 0 Å². The van der Waals surface area contributed by atoms with Gasteiger partial charge in [-0.05, 0) is 53.4 Å². The van der Waals surface area contributed by atoms with Crippen LogP contribution < -0.4 is 5.32 Å². The number of hydrogen-bond acceptors (Lipinski definition) is 5. The van der Waals surface area contributed by atoms with Crippen molar-refractivity contribution in [2.45, 2.75) is 27.2 Å². The Morgan fingerprint density at radius 1 is 1.24 bits per heavy atom. The van der Waals surface area contributed by atoms with Gasteiger partial charge in [0.15, 0.2) is 0 Å². The normalized spacial score (nSPS) is 11.3. The minimum Gasteiger partial charge on any atom is -0.351 e. The zero-order valence-corrected chi connectivity index (χ0v) is 14.1. The van der Waals surface area contributed by atoms with E-state index in [1.54, 1.807) is 0 Å². The predicted octanol–water partition coefficient (Wildman–Crippen LogP) is 2.30. The fraction of sp³-hybridized carbons (Fsp3) is 0.533. The minimum absolute atomic E-state index is 0.00805. The second kappa shape index (κ2) is 6.49. The predicted molar refractivity (Wildman–Crippen MR) is 87.1 cm³/mol. The third-order valence-electron chi connectivity index (χ3n) is 3.36. The summed E-state index contributed by atoms with van der Waals surface area (Å²) < 4.78 is 0. The number of aromatic nitrogens is 2. The number of amides is 1. The molecule has 0 bridgehead atoms. The molecular weight excluding hydrogens is 284 g/mol. The molecule has 0 radical (unpaired) electrons. The van der Waals surface area contributed by atoms with Gasteiger partial charge in [0.25, 0.3) is 5.91 Å². The highest BCUT2D eigenvalue weighted by Crippen LogP contribution is 2.31. The lowest BCUT2D eigenvalue weighted by molar-refractivity contribution is 0.0956. The first-order valence-corrected chi connectivity index (χ1v) is 7.89. The van der Waals surface area contributed by atoms with E-state index in [4.69, 9.17) is 0 Å². The van der Waals surface area contributed by atoms with Gasteiger partial charge in [-0.2, -0.15) is 0 Å². The van der Waals surface area contributed by atoms with E-state index in [1.807, 2.05) is 34.9 Å². The van der Waals surface area contributed by atoms with Crippen LogP contribution in [0.15, 0.2) is 0 Å². The molecule has 0 fully saturated rings. The van der Waals surface area contributed by atoms with Crippen molar-refractivity contribution in [2.75, 3.05) is 27.2 Å². The molecule has 2 aromatic heterocycles. The number of nitrogens with zero attached hydrogens (tertiary/aromatic N) is 3. The number of hydrogen-bond donors (Lipinski definition) is 1. The van der Waals surface area contributed by atoms with Crippen molar-refractivity contribution in [3.8, 4) is 0 Å². The summed E-state index contributed by atoms with van der Waals surface area (Å²) in [7, 11) is 4.06. The van der Waals surface area contributed by atoms with Gasteiger partial charge in [-0.15, -0.1) is 11.3 Å². The SMILES string of the molecule is Cc1nc(C)c2c(C)c(C(=O)NCCCN(C)C)sc2n1. The highest BCUT2D eigenvalue weighted by Gasteiger charge is 2.18. The minimum atomic E-state index is -0.00805. The molecule has 2 rings (SSSR count). The van der Waals surface area contributed by atoms with Crippen LogP contribution in [0.5, 0.6) is 0 Å². The number of aryl methyl sites for hydroxylation is 3. The topological polar surface area (TPSA) is 58.1 Å². The van der Waals surface area contributed by atoms with E-state index in [0.29, 0.717) is 6.54 Å². The third kappa shape index (κ3) is 3.57. The summed E-state index contributed by atoms with van der Waals surface area (Å²) in [5, 5.41) is 4.00. The molecule has 6 heteroatoms. The summed E-state index contributed by atoms with van der Waals surface area (Å²) in [5.41, 5.74) is 1.93. The summed E-state index contributed by atoms with van der Waals surface area (Å²) >= 11 is 1.45. The van der Waals surface area contributed by atoms with Crippen LogP contribution in [0.3, 0.4) is 0 Å². The average molecular weight is 306 g/mol. The second-order valence-corrected chi connectivity index (χ2v) is 6.50. The van der Waals surface area contributed by atoms with Gasteiger partial charge in [0, 0.05) is 17.6 Å². The maximum absolute atomic E-state index is 12.3. The van der Waals surface area contributed by atoms with E-state index in [1.165, 1.54) is 11.3 Å². The van der Waals surface area contributed by atoms with Crippen LogP contribution in [0.1, 0.15) is 33.2 Å². The Balaban J connectivity index is 2.16. The number of thiophene rings is 1. The first-order chi connectivity index (χ1) is 9.90. The van der Waals surface area contributed by atoms with Crippen molar-refractivity contribution in [1.82, 2.24) is 20.2 Å². The molecule has 0 spiro atoms. The van der Waals surface area contributed by atoms with Gasteiger partial charge in [-0.1, -0.05) is 0 Å². The molecule has 2 aromatic rings. The van der Waals surface area contributed by atoms with Crippen LogP contribution in [0.25, 0.3) is 10.2 Å². The highest BCUT2D eigenvalue weighted by molar-refractivity contribution is 7.20. The number of carbonyl (C=O) groups excluding carboxylic acids is 1. The van der Waals surface area contributed by atoms with Crippen molar-refractivity contribution >= 4 is 27.5 Å². The fourth-order valence-electron chi connectivity index (χ4n) is 2.37. The van der Waals surface area contributed by atoms with Gasteiger partial charge in [-0.3, -0.25) is 4.79 Å². The highest BCUT2D eigenvalue weighted by atomic mass is 32.1. The van der Waals surface area contributed by atoms with Gasteiger partial charge in [-0.25, -0.2) is 9.97 Å². The smallest absolute Gasteiger partial charge is 0.261 e. The van der Waals surface area contributed by atoms with E-state index in [9.17, 15) is 4.79 Å². The van der Waals surface area contributed by atoms with E-state index in [0.717, 1.165) is 45.1 Å². The molecule has 0 aliphatic rings. The monoisotopic (exact) mass is 306 g/mol. The van der Waals surface area contributed by atoms with E-state index >= 15 is 0 Å². The summed E-state index contributed by atoms with van der Waals surface area (Å²) in [5.74, 6) is 0.741. The van der Waals surface area contributed by atoms with Gasteiger partial charge < -0.3 is 10.2 Å². The van der Waals surface area contributed by atoms with Crippen molar-refractivity contribution in [2.24, 2.45) is 0 Å². The van der Waals surface area contributed by atoms with Crippen LogP contribution in [0.4, 0.5) is 0 Å². The molecule has 21 heavy (non-hydrogen) atoms. The summed E-state index contributed by atoms with van der Waals surface area (Å²) in [4.78, 5) is 24.9. The average Bonchev–Trinajstić information content (AvgIpc) is 2.71. The Labute approximate surface area is 129 Å². The molecule has 0 saturated carbocycles. The van der Waals surface area contributed by atoms with E-state index in [2.05, 4.69) is 20.2 Å². The maximum Gasteiger partial charge on any atom is 0.261 e. The van der Waals surface area contributed by atoms with Gasteiger partial charge >= 0.3 is 0 Å². The summed E-state index contributed by atoms with van der Waals surface area (Å²) in [6, 6.07) is 0. The van der Waals surface area contributed by atoms with Gasteiger partial charge in [0.1, 0.15) is 10.7 Å². The molecule has 2 heterocycles. The molecule has 5 nitrogen and oxygen atoms in total. The van der Waals surface area contributed by atoms with Crippen molar-refractivity contribution in [1.29, 1.82) is 0 Å². The third-order valence-corrected chi connectivity index (χ3v) is 4.54. The quantitative estimate of drug-likeness (QED) is 0.861. The first kappa shape index (κ1) is 15.9. The molecule has 0 unspecified atom stereocenters. The Morgan fingerprint density at radius 3 is 2.62 bits per heavy atom. The number of fused-ring (bicyclic) bond motifs is 1. The van der Waals surface area contributed by atoms with Crippen LogP contribution in [0.2, 0.25) is 0 Å². The van der Waals surface area contributed by atoms with Gasteiger partial charge in [0.2, 0.25) is 0 Å². The van der Waals surface area contributed by atoms with Gasteiger partial charge in [0.05, 0.1) is 4.88 Å². The number of carbonyl (C=O) groups is 1. The lowest BCUT2D eigenvalue weighted by Crippen LogP contribution is -2.26. The molecule has 0 atom stereocenters. The summed E-state index contributed by atoms with van der Waals surface area (Å²) in [6.45, 7) is 7.47. The zero-order valence-electron chi connectivity index (χ0n) is 13.3. The van der Waals surface area contributed by atoms with Crippen LogP contribution >= 0.6 is 11.3 Å². The van der Waals surface area contributed by atoms with Crippen LogP contribution in [-0.2, 0) is 0 Å². The van der Waals surface area contributed by atoms with E-state index < -0.39 is 0 Å². The Kier molecular flexibility index (Phi) is 4.90. The fourth-order valence-corrected chi connectivity index (χ4v) is 3.56. The Bertz CT molecular complexity index is 663. The standard InChI is InChI=1S/C15H22N4OS/c1-9-12-10(2)17-11(3)18-15(12)21-13(9)14(20)16-7-6-8-19(4)5/h6-8H2,1-5H3,(H,16,20). The molecular formula is C15H22N4OS. The lowest BCUT2D eigenvalue weighted by Gasteiger charge is -2.09. The van der Waals surface area contributed by atoms with Crippen LogP contribution in [0, 0.1) is 20.8 Å². The molecule has 0 saturated heterocycles. The first-order valence-electron chi connectivity index (χ1n) is 7.07. The van der Waals surface area contributed by atoms with Crippen molar-refractivity contribution in [3.05, 3.63) is 22.0 Å². The molecule has 114 valence electrons. The lowest BCUT2D eigenvalue weighted by atomic mass is 10.1. The summed E-state index contributed by atoms with van der Waals surface area (Å²) in [6.07, 6.45) is 0.945. The maximum atomic E-state index is 12.3. The van der Waals surface area contributed by atoms with Crippen LogP contribution in [-0.4, -0.2) is 48.0 Å².